The van der Waals surface area contributed by atoms with Gasteiger partial charge in [0.05, 0.1) is 31.6 Å². The molecular weight excluding hydrogens is 342 g/mol. The third kappa shape index (κ3) is 5.15. The minimum Gasteiger partial charge on any atom is -0.545 e. The van der Waals surface area contributed by atoms with E-state index in [0.717, 1.165) is 5.56 Å². The normalized spacial score (nSPS) is 10.2. The summed E-state index contributed by atoms with van der Waals surface area (Å²) in [6.45, 7) is 0. The maximum Gasteiger partial charge on any atom is 0.234 e. The molecule has 0 atom stereocenters. The predicted molar refractivity (Wildman–Crippen MR) is 95.1 cm³/mol. The van der Waals surface area contributed by atoms with E-state index in [-0.39, 0.29) is 28.7 Å². The molecule has 2 aromatic carbocycles. The van der Waals surface area contributed by atoms with Gasteiger partial charge in [-0.1, -0.05) is 30.3 Å². The first kappa shape index (κ1) is 18.7. The summed E-state index contributed by atoms with van der Waals surface area (Å²) >= 11 is 1.43. The van der Waals surface area contributed by atoms with Gasteiger partial charge in [-0.15, -0.1) is 11.8 Å². The molecule has 2 rings (SSSR count). The molecule has 0 radical (unpaired) electrons. The number of aromatic carboxylic acids is 1. The molecule has 0 heterocycles. The Hall–Kier alpha value is -2.67. The van der Waals surface area contributed by atoms with Gasteiger partial charge in [0.25, 0.3) is 0 Å². The van der Waals surface area contributed by atoms with Crippen LogP contribution in [0, 0.1) is 0 Å². The van der Waals surface area contributed by atoms with Crippen molar-refractivity contribution in [3.8, 4) is 11.5 Å². The van der Waals surface area contributed by atoms with Crippen molar-refractivity contribution in [2.75, 3.05) is 25.3 Å². The second-order valence-electron chi connectivity index (χ2n) is 5.07. The fraction of sp³-hybridized carbons (Fsp3) is 0.222. The van der Waals surface area contributed by atoms with Crippen molar-refractivity contribution in [1.82, 2.24) is 0 Å². The molecule has 0 aliphatic carbocycles. The number of carbonyl (C=O) groups excluding carboxylic acids is 2. The third-order valence-corrected chi connectivity index (χ3v) is 4.37. The smallest absolute Gasteiger partial charge is 0.234 e. The molecule has 25 heavy (non-hydrogen) atoms. The quantitative estimate of drug-likeness (QED) is 0.774. The fourth-order valence-electron chi connectivity index (χ4n) is 2.17. The first-order valence-corrected chi connectivity index (χ1v) is 8.59. The first-order chi connectivity index (χ1) is 12.0. The Morgan fingerprint density at radius 1 is 1.08 bits per heavy atom. The summed E-state index contributed by atoms with van der Waals surface area (Å²) in [6.07, 6.45) is 0. The van der Waals surface area contributed by atoms with E-state index in [1.54, 1.807) is 0 Å². The summed E-state index contributed by atoms with van der Waals surface area (Å²) < 4.78 is 10.2. The molecule has 0 unspecified atom stereocenters. The molecule has 1 amide bonds. The SMILES string of the molecule is COc1cc(NC(=O)CSCc2ccccc2)c(C(=O)[O-])cc1OC. The van der Waals surface area contributed by atoms with Crippen molar-refractivity contribution >= 4 is 29.3 Å². The largest absolute Gasteiger partial charge is 0.545 e. The molecule has 7 heteroatoms. The highest BCUT2D eigenvalue weighted by atomic mass is 32.2. The molecular formula is C18H18NO5S-. The Balaban J connectivity index is 2.05. The van der Waals surface area contributed by atoms with E-state index in [0.29, 0.717) is 11.5 Å². The number of hydrogen-bond donors (Lipinski definition) is 1. The van der Waals surface area contributed by atoms with Crippen LogP contribution < -0.4 is 19.9 Å². The van der Waals surface area contributed by atoms with E-state index >= 15 is 0 Å². The standard InChI is InChI=1S/C18H19NO5S/c1-23-15-8-13(18(21)22)14(9-16(15)24-2)19-17(20)11-25-10-12-6-4-3-5-7-12/h3-9H,10-11H2,1-2H3,(H,19,20)(H,21,22)/p-1. The molecule has 0 aromatic heterocycles. The molecule has 0 bridgehead atoms. The number of hydrogen-bond acceptors (Lipinski definition) is 6. The molecule has 0 fully saturated rings. The van der Waals surface area contributed by atoms with Crippen LogP contribution in [0.5, 0.6) is 11.5 Å². The van der Waals surface area contributed by atoms with Crippen LogP contribution in [-0.2, 0) is 10.5 Å². The Morgan fingerprint density at radius 2 is 1.72 bits per heavy atom. The summed E-state index contributed by atoms with van der Waals surface area (Å²) in [5, 5.41) is 13.9. The van der Waals surface area contributed by atoms with Crippen molar-refractivity contribution in [1.29, 1.82) is 0 Å². The van der Waals surface area contributed by atoms with E-state index in [2.05, 4.69) is 5.32 Å². The van der Waals surface area contributed by atoms with E-state index in [1.165, 1.54) is 38.1 Å². The zero-order valence-corrected chi connectivity index (χ0v) is 14.7. The molecule has 0 saturated carbocycles. The van der Waals surface area contributed by atoms with Crippen LogP contribution in [0.1, 0.15) is 15.9 Å². The second-order valence-corrected chi connectivity index (χ2v) is 6.05. The molecule has 132 valence electrons. The Morgan fingerprint density at radius 3 is 2.32 bits per heavy atom. The lowest BCUT2D eigenvalue weighted by Gasteiger charge is -2.16. The molecule has 2 aromatic rings. The lowest BCUT2D eigenvalue weighted by atomic mass is 10.1. The highest BCUT2D eigenvalue weighted by molar-refractivity contribution is 7.99. The van der Waals surface area contributed by atoms with Crippen LogP contribution in [0.2, 0.25) is 0 Å². The number of rotatable bonds is 8. The summed E-state index contributed by atoms with van der Waals surface area (Å²) in [5.41, 5.74) is 1.06. The van der Waals surface area contributed by atoms with Crippen LogP contribution in [-0.4, -0.2) is 31.8 Å². The van der Waals surface area contributed by atoms with Crippen LogP contribution in [0.15, 0.2) is 42.5 Å². The number of carboxylic acids is 1. The van der Waals surface area contributed by atoms with E-state index in [4.69, 9.17) is 9.47 Å². The highest BCUT2D eigenvalue weighted by Crippen LogP contribution is 2.33. The number of amides is 1. The lowest BCUT2D eigenvalue weighted by Crippen LogP contribution is -2.25. The number of carbonyl (C=O) groups is 2. The van der Waals surface area contributed by atoms with Gasteiger partial charge in [0.2, 0.25) is 5.91 Å². The number of benzene rings is 2. The molecule has 0 aliphatic rings. The van der Waals surface area contributed by atoms with Crippen LogP contribution >= 0.6 is 11.8 Å². The second kappa shape index (κ2) is 8.98. The zero-order chi connectivity index (χ0) is 18.2. The van der Waals surface area contributed by atoms with Crippen molar-refractivity contribution in [2.24, 2.45) is 0 Å². The van der Waals surface area contributed by atoms with Gasteiger partial charge >= 0.3 is 0 Å². The molecule has 0 spiro atoms. The van der Waals surface area contributed by atoms with Gasteiger partial charge < -0.3 is 24.7 Å². The highest BCUT2D eigenvalue weighted by Gasteiger charge is 2.14. The van der Waals surface area contributed by atoms with Crippen molar-refractivity contribution < 1.29 is 24.2 Å². The van der Waals surface area contributed by atoms with Gasteiger partial charge in [0, 0.05) is 17.4 Å². The van der Waals surface area contributed by atoms with Gasteiger partial charge in [-0.05, 0) is 11.6 Å². The van der Waals surface area contributed by atoms with Crippen LogP contribution in [0.25, 0.3) is 0 Å². The first-order valence-electron chi connectivity index (χ1n) is 7.44. The number of anilines is 1. The van der Waals surface area contributed by atoms with Crippen molar-refractivity contribution in [3.63, 3.8) is 0 Å². The Kier molecular flexibility index (Phi) is 6.71. The van der Waals surface area contributed by atoms with Gasteiger partial charge in [0.15, 0.2) is 11.5 Å². The average Bonchev–Trinajstić information content (AvgIpc) is 2.62. The monoisotopic (exact) mass is 360 g/mol. The van der Waals surface area contributed by atoms with E-state index in [9.17, 15) is 14.7 Å². The minimum absolute atomic E-state index is 0.114. The van der Waals surface area contributed by atoms with Crippen LogP contribution in [0.3, 0.4) is 0 Å². The number of nitrogens with one attached hydrogen (secondary N) is 1. The van der Waals surface area contributed by atoms with Gasteiger partial charge in [-0.2, -0.15) is 0 Å². The number of thioether (sulfide) groups is 1. The zero-order valence-electron chi connectivity index (χ0n) is 13.9. The maximum atomic E-state index is 12.1. The predicted octanol–water partition coefficient (Wildman–Crippen LogP) is 1.94. The summed E-state index contributed by atoms with van der Waals surface area (Å²) in [6, 6.07) is 12.4. The summed E-state index contributed by atoms with van der Waals surface area (Å²) in [5.74, 6) is -0.273. The minimum atomic E-state index is -1.41. The van der Waals surface area contributed by atoms with Gasteiger partial charge in [-0.3, -0.25) is 4.79 Å². The molecule has 0 aliphatic heterocycles. The fourth-order valence-corrected chi connectivity index (χ4v) is 2.96. The van der Waals surface area contributed by atoms with Gasteiger partial charge in [-0.25, -0.2) is 0 Å². The average molecular weight is 360 g/mol. The van der Waals surface area contributed by atoms with Gasteiger partial charge in [0.1, 0.15) is 0 Å². The molecule has 0 saturated heterocycles. The molecule has 6 nitrogen and oxygen atoms in total. The number of carboxylic acid groups (broad SMARTS) is 1. The third-order valence-electron chi connectivity index (χ3n) is 3.36. The topological polar surface area (TPSA) is 87.7 Å². The van der Waals surface area contributed by atoms with E-state index < -0.39 is 5.97 Å². The Labute approximate surface area is 150 Å². The molecule has 1 N–H and O–H groups in total. The Bertz CT molecular complexity index is 749. The lowest BCUT2D eigenvalue weighted by molar-refractivity contribution is -0.254. The summed E-state index contributed by atoms with van der Waals surface area (Å²) in [4.78, 5) is 23.4. The van der Waals surface area contributed by atoms with E-state index in [1.807, 2.05) is 30.3 Å². The van der Waals surface area contributed by atoms with Crippen molar-refractivity contribution in [2.45, 2.75) is 5.75 Å². The van der Waals surface area contributed by atoms with Crippen molar-refractivity contribution in [3.05, 3.63) is 53.6 Å². The number of ether oxygens (including phenoxy) is 2. The summed E-state index contributed by atoms with van der Waals surface area (Å²) in [7, 11) is 2.83. The van der Waals surface area contributed by atoms with Crippen LogP contribution in [0.4, 0.5) is 5.69 Å². The number of methoxy groups -OCH3 is 2. The maximum absolute atomic E-state index is 12.1.